The average molecular weight is 519 g/mol. The van der Waals surface area contributed by atoms with E-state index in [2.05, 4.69) is 0 Å². The van der Waals surface area contributed by atoms with Gasteiger partial charge in [0, 0.05) is 35.3 Å². The number of hydrogen-bond acceptors (Lipinski definition) is 10. The Hall–Kier alpha value is -1.72. The van der Waals surface area contributed by atoms with Gasteiger partial charge < -0.3 is 20.4 Å². The molecule has 0 aliphatic carbocycles. The molecule has 0 radical (unpaired) electrons. The second kappa shape index (κ2) is 9.05. The highest BCUT2D eigenvalue weighted by atomic mass is 32.2. The van der Waals surface area contributed by atoms with Crippen LogP contribution in [0.3, 0.4) is 0 Å². The maximum Gasteiger partial charge on any atom is 0.264 e. The molecule has 2 aliphatic rings. The van der Waals surface area contributed by atoms with Gasteiger partial charge in [0.05, 0.1) is 11.5 Å². The van der Waals surface area contributed by atoms with Gasteiger partial charge in [0.25, 0.3) is 20.2 Å². The Labute approximate surface area is 196 Å². The summed E-state index contributed by atoms with van der Waals surface area (Å²) in [6.45, 7) is -0.0568. The third-order valence-corrected chi connectivity index (χ3v) is 7.91. The van der Waals surface area contributed by atoms with Crippen LogP contribution >= 0.6 is 0 Å². The normalized spacial score (nSPS) is 25.7. The van der Waals surface area contributed by atoms with Crippen LogP contribution in [0.15, 0.2) is 24.3 Å². The zero-order chi connectivity index (χ0) is 25.0. The van der Waals surface area contributed by atoms with Crippen LogP contribution in [0, 0.1) is 0 Å². The summed E-state index contributed by atoms with van der Waals surface area (Å²) in [5, 5.41) is 44.6. The molecular formula is C20H26N2O10S2. The van der Waals surface area contributed by atoms with E-state index in [1.165, 1.54) is 9.80 Å². The van der Waals surface area contributed by atoms with Crippen molar-refractivity contribution >= 4 is 31.0 Å². The van der Waals surface area contributed by atoms with Gasteiger partial charge in [-0.25, -0.2) is 9.80 Å². The Morgan fingerprint density at radius 3 is 1.09 bits per heavy atom. The van der Waals surface area contributed by atoms with Crippen LogP contribution < -0.4 is 0 Å². The highest BCUT2D eigenvalue weighted by molar-refractivity contribution is 7.86. The molecule has 0 saturated heterocycles. The van der Waals surface area contributed by atoms with Crippen molar-refractivity contribution in [2.45, 2.75) is 37.8 Å². The lowest BCUT2D eigenvalue weighted by Gasteiger charge is -2.42. The molecule has 14 heteroatoms. The Morgan fingerprint density at radius 1 is 0.588 bits per heavy atom. The van der Waals surface area contributed by atoms with Crippen LogP contribution in [0.1, 0.15) is 60.0 Å². The number of rotatable bonds is 8. The molecule has 2 aromatic rings. The average Bonchev–Trinajstić information content (AvgIpc) is 2.73. The molecule has 0 aromatic heterocycles. The molecule has 0 spiro atoms. The first-order valence-electron chi connectivity index (χ1n) is 10.5. The first-order valence-corrected chi connectivity index (χ1v) is 13.8. The van der Waals surface area contributed by atoms with E-state index in [1.807, 2.05) is 0 Å². The SMILES string of the molecule is O=S(=O)(O)CCCN1[C@H](O)c2ccc3c4c(ccc(c24)[C@@H]1O)[C@H](O)N(CCCS(=O)(=O)O)[C@@H]3O. The third kappa shape index (κ3) is 4.70. The number of aliphatic hydroxyl groups is 4. The van der Waals surface area contributed by atoms with Crippen molar-refractivity contribution in [2.24, 2.45) is 0 Å². The molecule has 0 amide bonds. The van der Waals surface area contributed by atoms with Crippen LogP contribution in [0.25, 0.3) is 10.8 Å². The Kier molecular flexibility index (Phi) is 6.76. The van der Waals surface area contributed by atoms with Gasteiger partial charge >= 0.3 is 0 Å². The highest BCUT2D eigenvalue weighted by Gasteiger charge is 2.39. The highest BCUT2D eigenvalue weighted by Crippen LogP contribution is 2.48. The van der Waals surface area contributed by atoms with Gasteiger partial charge in [0.2, 0.25) is 0 Å². The number of nitrogens with zero attached hydrogens (tertiary/aromatic N) is 2. The van der Waals surface area contributed by atoms with E-state index in [4.69, 9.17) is 9.11 Å². The van der Waals surface area contributed by atoms with Gasteiger partial charge in [-0.15, -0.1) is 0 Å². The molecule has 12 nitrogen and oxygen atoms in total. The Morgan fingerprint density at radius 2 is 0.853 bits per heavy atom. The lowest BCUT2D eigenvalue weighted by Crippen LogP contribution is -2.40. The minimum atomic E-state index is -4.20. The maximum atomic E-state index is 11.0. The van der Waals surface area contributed by atoms with Gasteiger partial charge in [0.15, 0.2) is 0 Å². The maximum absolute atomic E-state index is 11.0. The van der Waals surface area contributed by atoms with Crippen molar-refractivity contribution in [3.63, 3.8) is 0 Å². The summed E-state index contributed by atoms with van der Waals surface area (Å²) in [6, 6.07) is 6.26. The van der Waals surface area contributed by atoms with Crippen molar-refractivity contribution in [3.05, 3.63) is 46.5 Å². The van der Waals surface area contributed by atoms with Crippen LogP contribution in [0.2, 0.25) is 0 Å². The van der Waals surface area contributed by atoms with Gasteiger partial charge in [-0.1, -0.05) is 24.3 Å². The fourth-order valence-electron chi connectivity index (χ4n) is 4.79. The van der Waals surface area contributed by atoms with Gasteiger partial charge in [0.1, 0.15) is 24.9 Å². The monoisotopic (exact) mass is 518 g/mol. The van der Waals surface area contributed by atoms with E-state index in [9.17, 15) is 37.3 Å². The lowest BCUT2D eigenvalue weighted by atomic mass is 9.84. The van der Waals surface area contributed by atoms with Crippen molar-refractivity contribution in [1.82, 2.24) is 9.80 Å². The van der Waals surface area contributed by atoms with E-state index in [1.54, 1.807) is 24.3 Å². The fourth-order valence-corrected chi connectivity index (χ4v) is 5.78. The summed E-state index contributed by atoms with van der Waals surface area (Å²) in [5.41, 5.74) is 1.58. The van der Waals surface area contributed by atoms with E-state index in [0.29, 0.717) is 33.0 Å². The summed E-state index contributed by atoms with van der Waals surface area (Å²) in [4.78, 5) is 2.56. The van der Waals surface area contributed by atoms with Crippen LogP contribution in [-0.2, 0) is 20.2 Å². The Bertz CT molecular complexity index is 1160. The topological polar surface area (TPSA) is 196 Å². The van der Waals surface area contributed by atoms with Crippen molar-refractivity contribution in [1.29, 1.82) is 0 Å². The van der Waals surface area contributed by atoms with Crippen LogP contribution in [0.4, 0.5) is 0 Å². The fraction of sp³-hybridized carbons (Fsp3) is 0.500. The van der Waals surface area contributed by atoms with Crippen LogP contribution in [0.5, 0.6) is 0 Å². The third-order valence-electron chi connectivity index (χ3n) is 6.30. The summed E-state index contributed by atoms with van der Waals surface area (Å²) >= 11 is 0. The lowest BCUT2D eigenvalue weighted by molar-refractivity contribution is -0.114. The van der Waals surface area contributed by atoms with Gasteiger partial charge in [-0.2, -0.15) is 16.8 Å². The van der Waals surface area contributed by atoms with E-state index < -0.39 is 56.7 Å². The summed E-state index contributed by atoms with van der Waals surface area (Å²) in [7, 11) is -8.40. The zero-order valence-electron chi connectivity index (χ0n) is 17.9. The second-order valence-corrected chi connectivity index (χ2v) is 11.6. The molecule has 34 heavy (non-hydrogen) atoms. The number of aliphatic hydroxyl groups excluding tert-OH is 4. The quantitative estimate of drug-likeness (QED) is 0.256. The summed E-state index contributed by atoms with van der Waals surface area (Å²) in [6.07, 6.45) is -5.30. The summed E-state index contributed by atoms with van der Waals surface area (Å²) in [5.74, 6) is -1.07. The minimum Gasteiger partial charge on any atom is -0.374 e. The van der Waals surface area contributed by atoms with Gasteiger partial charge in [-0.05, 0) is 23.6 Å². The van der Waals surface area contributed by atoms with Crippen LogP contribution in [-0.4, -0.2) is 80.8 Å². The molecule has 4 atom stereocenters. The predicted molar refractivity (Wildman–Crippen MR) is 119 cm³/mol. The van der Waals surface area contributed by atoms with Crippen molar-refractivity contribution in [2.75, 3.05) is 24.6 Å². The first-order chi connectivity index (χ1) is 15.8. The molecule has 0 bridgehead atoms. The molecule has 6 N–H and O–H groups in total. The minimum absolute atomic E-state index is 0.0284. The largest absolute Gasteiger partial charge is 0.374 e. The molecule has 2 aliphatic heterocycles. The molecule has 0 saturated carbocycles. The van der Waals surface area contributed by atoms with Crippen molar-refractivity contribution in [3.8, 4) is 0 Å². The zero-order valence-corrected chi connectivity index (χ0v) is 19.5. The van der Waals surface area contributed by atoms with E-state index in [0.717, 1.165) is 0 Å². The predicted octanol–water partition coefficient (Wildman–Crippen LogP) is -0.00960. The molecule has 2 aromatic carbocycles. The van der Waals surface area contributed by atoms with Gasteiger partial charge in [-0.3, -0.25) is 9.11 Å². The smallest absolute Gasteiger partial charge is 0.264 e. The molecule has 0 unspecified atom stereocenters. The standard InChI is InChI=1S/C20H26N2O10S2/c23-17-11-3-5-13-16-14(20(26)22(19(13)25)8-2-10-34(30,31)32)6-4-12(15(11)16)18(24)21(17)7-1-9-33(27,28)29/h3-6,17-20,23-26H,1-2,7-10H2,(H,27,28,29)(H,30,31,32)/t17-,18+,19-,20+. The van der Waals surface area contributed by atoms with Crippen molar-refractivity contribution < 1.29 is 46.4 Å². The molecule has 0 fully saturated rings. The first kappa shape index (κ1) is 25.4. The summed E-state index contributed by atoms with van der Waals surface area (Å²) < 4.78 is 62.0. The van der Waals surface area contributed by atoms with E-state index >= 15 is 0 Å². The number of hydrogen-bond donors (Lipinski definition) is 6. The number of benzene rings is 2. The Balaban J connectivity index is 1.69. The molecule has 188 valence electrons. The molecule has 4 rings (SSSR count). The molecular weight excluding hydrogens is 492 g/mol. The van der Waals surface area contributed by atoms with E-state index in [-0.39, 0.29) is 25.9 Å². The molecule has 2 heterocycles. The second-order valence-electron chi connectivity index (χ2n) is 8.49.